The van der Waals surface area contributed by atoms with Gasteiger partial charge in [-0.25, -0.2) is 0 Å². The minimum Gasteiger partial charge on any atom is -0.507 e. The van der Waals surface area contributed by atoms with Gasteiger partial charge in [0.05, 0.1) is 25.2 Å². The van der Waals surface area contributed by atoms with Crippen molar-refractivity contribution in [1.82, 2.24) is 0 Å². The van der Waals surface area contributed by atoms with Gasteiger partial charge in [-0.1, -0.05) is 0 Å². The maximum atomic E-state index is 10.6. The second kappa shape index (κ2) is 9.48. The summed E-state index contributed by atoms with van der Waals surface area (Å²) in [7, 11) is 0. The van der Waals surface area contributed by atoms with Gasteiger partial charge in [0.15, 0.2) is 0 Å². The van der Waals surface area contributed by atoms with E-state index in [0.29, 0.717) is 35.3 Å². The van der Waals surface area contributed by atoms with Crippen LogP contribution in [0.1, 0.15) is 47.2 Å². The van der Waals surface area contributed by atoms with Gasteiger partial charge in [0, 0.05) is 47.1 Å². The third-order valence-electron chi connectivity index (χ3n) is 4.76. The predicted octanol–water partition coefficient (Wildman–Crippen LogP) is 3.88. The van der Waals surface area contributed by atoms with Gasteiger partial charge >= 0.3 is 0 Å². The Balaban J connectivity index is 2.01. The van der Waals surface area contributed by atoms with Crippen LogP contribution in [0, 0.1) is 13.8 Å². The van der Waals surface area contributed by atoms with Gasteiger partial charge < -0.3 is 10.2 Å². The Labute approximate surface area is 177 Å². The molecule has 0 radical (unpaired) electrons. The molecule has 2 aromatic carbocycles. The predicted molar refractivity (Wildman–Crippen MR) is 125 cm³/mol. The van der Waals surface area contributed by atoms with Crippen molar-refractivity contribution in [1.29, 1.82) is 0 Å². The molecule has 0 fully saturated rings. The molecule has 6 heteroatoms. The highest BCUT2D eigenvalue weighted by atomic mass is 16.3. The van der Waals surface area contributed by atoms with E-state index in [-0.39, 0.29) is 23.6 Å². The number of aryl methyl sites for hydroxylation is 2. The highest BCUT2D eigenvalue weighted by Gasteiger charge is 2.09. The van der Waals surface area contributed by atoms with Crippen molar-refractivity contribution in [2.45, 2.75) is 39.8 Å². The number of benzene rings is 2. The van der Waals surface area contributed by atoms with Crippen LogP contribution >= 0.6 is 0 Å². The number of hydrogen-bond donors (Lipinski definition) is 2. The molecule has 0 saturated carbocycles. The number of fused-ring (bicyclic) bond motifs is 4. The van der Waals surface area contributed by atoms with Crippen LogP contribution in [0.4, 0.5) is 0 Å². The first-order valence-corrected chi connectivity index (χ1v) is 10.1. The lowest BCUT2D eigenvalue weighted by Crippen LogP contribution is -2.06. The maximum Gasteiger partial charge on any atom is 0.133 e. The molecular weight excluding hydrogens is 376 g/mol. The molecule has 2 aromatic rings. The van der Waals surface area contributed by atoms with E-state index in [0.717, 1.165) is 11.1 Å². The van der Waals surface area contributed by atoms with Gasteiger partial charge in [0.2, 0.25) is 0 Å². The summed E-state index contributed by atoms with van der Waals surface area (Å²) < 4.78 is 0. The van der Waals surface area contributed by atoms with Gasteiger partial charge in [0.25, 0.3) is 0 Å². The summed E-state index contributed by atoms with van der Waals surface area (Å²) in [6, 6.07) is 7.41. The van der Waals surface area contributed by atoms with E-state index in [1.165, 1.54) is 0 Å². The van der Waals surface area contributed by atoms with E-state index in [9.17, 15) is 10.2 Å². The third kappa shape index (κ3) is 5.41. The van der Waals surface area contributed by atoms with Crippen LogP contribution in [0.2, 0.25) is 0 Å². The maximum absolute atomic E-state index is 10.6. The zero-order valence-corrected chi connectivity index (χ0v) is 17.9. The quantitative estimate of drug-likeness (QED) is 0.698. The normalized spacial score (nSPS) is 19.5. The molecule has 1 aliphatic rings. The lowest BCUT2D eigenvalue weighted by Gasteiger charge is -2.09. The molecule has 156 valence electrons. The van der Waals surface area contributed by atoms with Gasteiger partial charge in [-0.05, 0) is 63.1 Å². The molecule has 3 rings (SSSR count). The fourth-order valence-electron chi connectivity index (χ4n) is 3.18. The minimum atomic E-state index is -0.0785. The fraction of sp³-hybridized carbons (Fsp3) is 0.333. The fourth-order valence-corrected chi connectivity index (χ4v) is 3.18. The molecule has 6 nitrogen and oxygen atoms in total. The number of aliphatic imine (C=N–C) groups is 4. The summed E-state index contributed by atoms with van der Waals surface area (Å²) in [5, 5.41) is 21.2. The SMILES string of the molecule is Cc1cc2c(O)c(c1)C=NCC(C)N=Cc1cc(C)cc(c1O)C=NC(C)CN=C2. The number of phenolic OH excluding ortho intramolecular Hbond substituents is 2. The van der Waals surface area contributed by atoms with Crippen molar-refractivity contribution in [2.75, 3.05) is 13.1 Å². The van der Waals surface area contributed by atoms with Gasteiger partial charge in [-0.15, -0.1) is 0 Å². The first-order valence-electron chi connectivity index (χ1n) is 10.1. The van der Waals surface area contributed by atoms with Crippen molar-refractivity contribution in [3.05, 3.63) is 57.6 Å². The number of aromatic hydroxyl groups is 2. The Morgan fingerprint density at radius 2 is 0.967 bits per heavy atom. The molecule has 1 aliphatic heterocycles. The van der Waals surface area contributed by atoms with E-state index in [4.69, 9.17) is 0 Å². The molecule has 0 aliphatic carbocycles. The average Bonchev–Trinajstić information content (AvgIpc) is 2.69. The molecular formula is C24H28N4O2. The highest BCUT2D eigenvalue weighted by molar-refractivity contribution is 5.93. The summed E-state index contributed by atoms with van der Waals surface area (Å²) in [5.74, 6) is 0.327. The number of rotatable bonds is 0. The molecule has 2 unspecified atom stereocenters. The summed E-state index contributed by atoms with van der Waals surface area (Å²) >= 11 is 0. The highest BCUT2D eigenvalue weighted by Crippen LogP contribution is 2.23. The van der Waals surface area contributed by atoms with E-state index in [1.807, 2.05) is 52.0 Å². The Morgan fingerprint density at radius 1 is 0.633 bits per heavy atom. The molecule has 0 aromatic heterocycles. The van der Waals surface area contributed by atoms with Crippen LogP contribution in [0.25, 0.3) is 0 Å². The van der Waals surface area contributed by atoms with Gasteiger partial charge in [-0.3, -0.25) is 20.0 Å². The van der Waals surface area contributed by atoms with E-state index in [1.54, 1.807) is 24.9 Å². The van der Waals surface area contributed by atoms with Crippen LogP contribution in [-0.2, 0) is 0 Å². The van der Waals surface area contributed by atoms with Crippen molar-refractivity contribution < 1.29 is 10.2 Å². The smallest absolute Gasteiger partial charge is 0.133 e. The topological polar surface area (TPSA) is 89.9 Å². The van der Waals surface area contributed by atoms with Crippen LogP contribution < -0.4 is 0 Å². The number of nitrogens with zero attached hydrogens (tertiary/aromatic N) is 4. The van der Waals surface area contributed by atoms with E-state index in [2.05, 4.69) is 20.0 Å². The van der Waals surface area contributed by atoms with Crippen LogP contribution in [-0.4, -0.2) is 60.2 Å². The third-order valence-corrected chi connectivity index (χ3v) is 4.76. The Kier molecular flexibility index (Phi) is 6.77. The van der Waals surface area contributed by atoms with Crippen molar-refractivity contribution in [2.24, 2.45) is 20.0 Å². The van der Waals surface area contributed by atoms with Gasteiger partial charge in [0.1, 0.15) is 11.5 Å². The Hall–Kier alpha value is -3.28. The Bertz CT molecular complexity index is 963. The molecule has 1 heterocycles. The summed E-state index contributed by atoms with van der Waals surface area (Å²) in [4.78, 5) is 17.9. The van der Waals surface area contributed by atoms with Crippen LogP contribution in [0.3, 0.4) is 0 Å². The molecule has 0 spiro atoms. The number of phenols is 2. The molecule has 0 saturated heterocycles. The van der Waals surface area contributed by atoms with Crippen molar-refractivity contribution in [3.8, 4) is 11.5 Å². The zero-order chi connectivity index (χ0) is 21.7. The number of hydrogen-bond acceptors (Lipinski definition) is 6. The van der Waals surface area contributed by atoms with E-state index < -0.39 is 0 Å². The molecule has 2 atom stereocenters. The Morgan fingerprint density at radius 3 is 1.33 bits per heavy atom. The van der Waals surface area contributed by atoms with Crippen molar-refractivity contribution >= 4 is 24.9 Å². The first-order chi connectivity index (χ1) is 14.3. The minimum absolute atomic E-state index is 0.0785. The molecule has 0 amide bonds. The van der Waals surface area contributed by atoms with Crippen LogP contribution in [0.15, 0.2) is 44.2 Å². The largest absolute Gasteiger partial charge is 0.507 e. The average molecular weight is 405 g/mol. The summed E-state index contributed by atoms with van der Waals surface area (Å²) in [6.45, 7) is 8.79. The zero-order valence-electron chi connectivity index (χ0n) is 17.9. The molecule has 4 bridgehead atoms. The van der Waals surface area contributed by atoms with E-state index >= 15 is 0 Å². The monoisotopic (exact) mass is 404 g/mol. The second-order valence-electron chi connectivity index (χ2n) is 7.83. The van der Waals surface area contributed by atoms with Gasteiger partial charge in [-0.2, -0.15) is 0 Å². The van der Waals surface area contributed by atoms with Crippen molar-refractivity contribution in [3.63, 3.8) is 0 Å². The second-order valence-corrected chi connectivity index (χ2v) is 7.83. The lowest BCUT2D eigenvalue weighted by atomic mass is 10.1. The lowest BCUT2D eigenvalue weighted by molar-refractivity contribution is 0.472. The summed E-state index contributed by atoms with van der Waals surface area (Å²) in [5.41, 5.74) is 4.65. The molecule has 30 heavy (non-hydrogen) atoms. The first kappa shape index (κ1) is 21.4. The summed E-state index contributed by atoms with van der Waals surface area (Å²) in [6.07, 6.45) is 6.70. The molecule has 2 N–H and O–H groups in total. The standard InChI is InChI=1S/C24H28N4O2/c1-15-5-19-11-25-9-17(3)27-13-21-7-16(2)8-22(24(21)30)14-28-18(4)10-26-12-20(6-15)23(19)29/h5-8,11-14,17-18,29-30H,9-10H2,1-4H3. The van der Waals surface area contributed by atoms with Crippen LogP contribution in [0.5, 0.6) is 11.5 Å².